The van der Waals surface area contributed by atoms with Crippen LogP contribution in [-0.4, -0.2) is 19.7 Å². The molecule has 0 spiro atoms. The van der Waals surface area contributed by atoms with Gasteiger partial charge in [-0.25, -0.2) is 33.1 Å². The molecule has 0 atom stereocenters. The van der Waals surface area contributed by atoms with Gasteiger partial charge >= 0.3 is 11.4 Å². The monoisotopic (exact) mass is 348 g/mol. The zero-order chi connectivity index (χ0) is 18.0. The van der Waals surface area contributed by atoms with Crippen LogP contribution in [0.3, 0.4) is 0 Å². The summed E-state index contributed by atoms with van der Waals surface area (Å²) in [4.78, 5) is 26.8. The second kappa shape index (κ2) is 6.34. The maximum absolute atomic E-state index is 13.3. The molecule has 3 rings (SSSR count). The van der Waals surface area contributed by atoms with Crippen LogP contribution < -0.4 is 16.1 Å². The third-order valence-electron chi connectivity index (χ3n) is 3.48. The van der Waals surface area contributed by atoms with E-state index in [9.17, 15) is 18.4 Å². The summed E-state index contributed by atoms with van der Waals surface area (Å²) < 4.78 is 33.1. The third kappa shape index (κ3) is 3.65. The van der Waals surface area contributed by atoms with Gasteiger partial charge in [0.1, 0.15) is 12.4 Å². The van der Waals surface area contributed by atoms with Gasteiger partial charge in [-0.1, -0.05) is 0 Å². The number of halogens is 2. The van der Waals surface area contributed by atoms with Crippen LogP contribution in [0.15, 0.2) is 52.3 Å². The molecular formula is C16H14F2N4O3. The molecule has 2 N–H and O–H groups in total. The smallest absolute Gasteiger partial charge is 0.348 e. The molecular weight excluding hydrogens is 334 g/mol. The summed E-state index contributed by atoms with van der Waals surface area (Å²) in [5, 5.41) is 4.37. The number of rotatable bonds is 5. The van der Waals surface area contributed by atoms with E-state index in [1.165, 1.54) is 24.4 Å². The predicted molar refractivity (Wildman–Crippen MR) is 85.1 cm³/mol. The van der Waals surface area contributed by atoms with Crippen LogP contribution in [0.2, 0.25) is 0 Å². The first kappa shape index (κ1) is 16.6. The molecule has 0 amide bonds. The third-order valence-corrected chi connectivity index (χ3v) is 3.48. The lowest BCUT2D eigenvalue weighted by atomic mass is 10.1. The molecule has 0 bridgehead atoms. The van der Waals surface area contributed by atoms with Crippen LogP contribution in [0.5, 0.6) is 5.75 Å². The fourth-order valence-corrected chi connectivity index (χ4v) is 2.21. The highest BCUT2D eigenvalue weighted by molar-refractivity contribution is 5.37. The van der Waals surface area contributed by atoms with E-state index in [1.54, 1.807) is 12.1 Å². The molecule has 130 valence electrons. The molecule has 0 unspecified atom stereocenters. The van der Waals surface area contributed by atoms with Crippen molar-refractivity contribution in [3.8, 4) is 11.4 Å². The number of pyridine rings is 1. The van der Waals surface area contributed by atoms with Crippen molar-refractivity contribution in [2.45, 2.75) is 19.5 Å². The van der Waals surface area contributed by atoms with E-state index in [4.69, 9.17) is 4.74 Å². The Bertz CT molecular complexity index is 956. The molecule has 0 saturated carbocycles. The van der Waals surface area contributed by atoms with Crippen molar-refractivity contribution in [2.75, 3.05) is 0 Å². The number of aromatic nitrogens is 4. The van der Waals surface area contributed by atoms with Crippen LogP contribution in [0.4, 0.5) is 8.78 Å². The Morgan fingerprint density at radius 3 is 2.36 bits per heavy atom. The summed E-state index contributed by atoms with van der Waals surface area (Å²) in [6.07, 6.45) is 2.56. The first-order valence-corrected chi connectivity index (χ1v) is 7.30. The number of ether oxygens (including phenoxy) is 1. The van der Waals surface area contributed by atoms with Crippen molar-refractivity contribution in [3.63, 3.8) is 0 Å². The summed E-state index contributed by atoms with van der Waals surface area (Å²) in [5.74, 6) is -2.51. The zero-order valence-corrected chi connectivity index (χ0v) is 13.1. The SMILES string of the molecule is CC(F)(F)c1cncc(COc2ccc(-n3c(=O)[nH][nH]c3=O)cc2)c1. The lowest BCUT2D eigenvalue weighted by Crippen LogP contribution is -2.24. The highest BCUT2D eigenvalue weighted by atomic mass is 19.3. The minimum Gasteiger partial charge on any atom is -0.489 e. The maximum atomic E-state index is 13.3. The van der Waals surface area contributed by atoms with Crippen LogP contribution in [0.25, 0.3) is 5.69 Å². The van der Waals surface area contributed by atoms with Crippen LogP contribution >= 0.6 is 0 Å². The van der Waals surface area contributed by atoms with Gasteiger partial charge in [-0.3, -0.25) is 4.98 Å². The molecule has 2 heterocycles. The minimum atomic E-state index is -2.97. The number of nitrogens with zero attached hydrogens (tertiary/aromatic N) is 2. The predicted octanol–water partition coefficient (Wildman–Crippen LogP) is 1.94. The fraction of sp³-hybridized carbons (Fsp3) is 0.188. The molecule has 0 aliphatic carbocycles. The van der Waals surface area contributed by atoms with Gasteiger partial charge in [-0.15, -0.1) is 0 Å². The first-order chi connectivity index (χ1) is 11.8. The summed E-state index contributed by atoms with van der Waals surface area (Å²) in [6.45, 7) is 0.860. The van der Waals surface area contributed by atoms with Crippen LogP contribution in [0.1, 0.15) is 18.1 Å². The number of H-pyrrole nitrogens is 2. The zero-order valence-electron chi connectivity index (χ0n) is 13.1. The number of benzene rings is 1. The molecule has 9 heteroatoms. The van der Waals surface area contributed by atoms with E-state index < -0.39 is 17.3 Å². The van der Waals surface area contributed by atoms with Gasteiger partial charge in [0.2, 0.25) is 0 Å². The Hall–Kier alpha value is -3.23. The summed E-state index contributed by atoms with van der Waals surface area (Å²) >= 11 is 0. The Labute approximate surface area is 139 Å². The van der Waals surface area contributed by atoms with E-state index in [-0.39, 0.29) is 12.2 Å². The second-order valence-electron chi connectivity index (χ2n) is 5.45. The number of hydrogen-bond donors (Lipinski definition) is 2. The van der Waals surface area contributed by atoms with Crippen molar-refractivity contribution in [1.29, 1.82) is 0 Å². The van der Waals surface area contributed by atoms with E-state index in [0.717, 1.165) is 17.7 Å². The molecule has 1 aromatic carbocycles. The molecule has 0 aliphatic heterocycles. The lowest BCUT2D eigenvalue weighted by Gasteiger charge is -2.12. The highest BCUT2D eigenvalue weighted by Crippen LogP contribution is 2.26. The quantitative estimate of drug-likeness (QED) is 0.737. The number of alkyl halides is 2. The van der Waals surface area contributed by atoms with Crippen molar-refractivity contribution in [3.05, 3.63) is 74.8 Å². The minimum absolute atomic E-state index is 0.0565. The molecule has 0 saturated heterocycles. The first-order valence-electron chi connectivity index (χ1n) is 7.30. The van der Waals surface area contributed by atoms with Gasteiger partial charge < -0.3 is 4.74 Å². The average molecular weight is 348 g/mol. The molecule has 2 aromatic heterocycles. The van der Waals surface area contributed by atoms with E-state index >= 15 is 0 Å². The molecule has 7 nitrogen and oxygen atoms in total. The van der Waals surface area contributed by atoms with Gasteiger partial charge in [-0.2, -0.15) is 0 Å². The normalized spacial score (nSPS) is 11.5. The highest BCUT2D eigenvalue weighted by Gasteiger charge is 2.24. The Morgan fingerprint density at radius 1 is 1.12 bits per heavy atom. The number of hydrogen-bond acceptors (Lipinski definition) is 4. The fourth-order valence-electron chi connectivity index (χ4n) is 2.21. The average Bonchev–Trinajstić information content (AvgIpc) is 2.92. The standard InChI is InChI=1S/C16H14F2N4O3/c1-16(17,18)11-6-10(7-19-8-11)9-25-13-4-2-12(3-5-13)22-14(23)20-21-15(22)24/h2-8H,9H2,1H3,(H,20,23)(H,21,24). The van der Waals surface area contributed by atoms with Crippen molar-refractivity contribution in [1.82, 2.24) is 19.7 Å². The van der Waals surface area contributed by atoms with Gasteiger partial charge in [0.05, 0.1) is 5.69 Å². The molecule has 0 aliphatic rings. The Balaban J connectivity index is 1.73. The van der Waals surface area contributed by atoms with E-state index in [1.807, 2.05) is 0 Å². The Kier molecular flexibility index (Phi) is 4.22. The largest absolute Gasteiger partial charge is 0.489 e. The number of aromatic amines is 2. The molecule has 0 fully saturated rings. The van der Waals surface area contributed by atoms with Crippen molar-refractivity contribution in [2.24, 2.45) is 0 Å². The van der Waals surface area contributed by atoms with Crippen molar-refractivity contribution < 1.29 is 13.5 Å². The molecule has 3 aromatic rings. The van der Waals surface area contributed by atoms with Gasteiger partial charge in [0, 0.05) is 30.4 Å². The second-order valence-corrected chi connectivity index (χ2v) is 5.45. The van der Waals surface area contributed by atoms with Crippen LogP contribution in [0, 0.1) is 0 Å². The van der Waals surface area contributed by atoms with Gasteiger partial charge in [-0.05, 0) is 30.3 Å². The number of nitrogens with one attached hydrogen (secondary N) is 2. The summed E-state index contributed by atoms with van der Waals surface area (Å²) in [5.41, 5.74) is -0.477. The van der Waals surface area contributed by atoms with Crippen LogP contribution in [-0.2, 0) is 12.5 Å². The maximum Gasteiger partial charge on any atom is 0.348 e. The molecule has 0 radical (unpaired) electrons. The van der Waals surface area contributed by atoms with Crippen molar-refractivity contribution >= 4 is 0 Å². The van der Waals surface area contributed by atoms with Gasteiger partial charge in [0.15, 0.2) is 0 Å². The lowest BCUT2D eigenvalue weighted by molar-refractivity contribution is 0.0169. The van der Waals surface area contributed by atoms with Gasteiger partial charge in [0.25, 0.3) is 5.92 Å². The molecule has 25 heavy (non-hydrogen) atoms. The van der Waals surface area contributed by atoms with E-state index in [0.29, 0.717) is 17.0 Å². The Morgan fingerprint density at radius 2 is 1.76 bits per heavy atom. The van der Waals surface area contributed by atoms with E-state index in [2.05, 4.69) is 15.2 Å². The summed E-state index contributed by atoms with van der Waals surface area (Å²) in [7, 11) is 0. The topological polar surface area (TPSA) is 92.8 Å². The summed E-state index contributed by atoms with van der Waals surface area (Å²) in [6, 6.07) is 7.55.